The SMILES string of the molecule is CNC(c1cnc(OC)nc1)c1scc(C)c1Cl. The summed E-state index contributed by atoms with van der Waals surface area (Å²) in [7, 11) is 3.43. The van der Waals surface area contributed by atoms with Crippen molar-refractivity contribution < 1.29 is 4.74 Å². The number of ether oxygens (including phenoxy) is 1. The van der Waals surface area contributed by atoms with Gasteiger partial charge in [0.1, 0.15) is 0 Å². The monoisotopic (exact) mass is 283 g/mol. The van der Waals surface area contributed by atoms with E-state index in [1.54, 1.807) is 30.8 Å². The number of aryl methyl sites for hydroxylation is 1. The van der Waals surface area contributed by atoms with Gasteiger partial charge in [0.2, 0.25) is 0 Å². The van der Waals surface area contributed by atoms with E-state index in [-0.39, 0.29) is 6.04 Å². The van der Waals surface area contributed by atoms with Crippen LogP contribution >= 0.6 is 22.9 Å². The molecule has 0 amide bonds. The van der Waals surface area contributed by atoms with Gasteiger partial charge in [-0.15, -0.1) is 11.3 Å². The Hall–Kier alpha value is -1.17. The van der Waals surface area contributed by atoms with Crippen LogP contribution in [0.1, 0.15) is 22.0 Å². The van der Waals surface area contributed by atoms with Crippen LogP contribution in [-0.4, -0.2) is 24.1 Å². The van der Waals surface area contributed by atoms with Gasteiger partial charge in [-0.05, 0) is 24.9 Å². The Labute approximate surface area is 115 Å². The van der Waals surface area contributed by atoms with Crippen LogP contribution in [0.15, 0.2) is 17.8 Å². The van der Waals surface area contributed by atoms with Crippen molar-refractivity contribution in [1.82, 2.24) is 15.3 Å². The third kappa shape index (κ3) is 2.48. The predicted octanol–water partition coefficient (Wildman–Crippen LogP) is 2.82. The van der Waals surface area contributed by atoms with Gasteiger partial charge in [-0.3, -0.25) is 0 Å². The molecular formula is C12H14ClN3OS. The molecule has 0 bridgehead atoms. The first-order valence-electron chi connectivity index (χ1n) is 5.44. The van der Waals surface area contributed by atoms with Crippen LogP contribution in [0, 0.1) is 6.92 Å². The summed E-state index contributed by atoms with van der Waals surface area (Å²) in [6, 6.07) is 0.365. The Morgan fingerprint density at radius 2 is 2.06 bits per heavy atom. The Morgan fingerprint density at radius 1 is 1.39 bits per heavy atom. The van der Waals surface area contributed by atoms with Gasteiger partial charge in [0.25, 0.3) is 0 Å². The normalized spacial score (nSPS) is 12.4. The summed E-state index contributed by atoms with van der Waals surface area (Å²) in [5, 5.41) is 6.08. The Balaban J connectivity index is 2.35. The van der Waals surface area contributed by atoms with Crippen LogP contribution in [0.5, 0.6) is 6.01 Å². The number of hydrogen-bond donors (Lipinski definition) is 1. The highest BCUT2D eigenvalue weighted by atomic mass is 35.5. The van der Waals surface area contributed by atoms with E-state index >= 15 is 0 Å². The zero-order chi connectivity index (χ0) is 13.1. The number of aromatic nitrogens is 2. The molecule has 1 N–H and O–H groups in total. The quantitative estimate of drug-likeness (QED) is 0.937. The fourth-order valence-corrected chi connectivity index (χ4v) is 3.11. The number of hydrogen-bond acceptors (Lipinski definition) is 5. The van der Waals surface area contributed by atoms with E-state index in [0.29, 0.717) is 6.01 Å². The third-order valence-corrected chi connectivity index (χ3v) is 4.42. The molecule has 0 radical (unpaired) electrons. The average molecular weight is 284 g/mol. The standard InChI is InChI=1S/C12H14ClN3OS/c1-7-6-18-11(9(7)13)10(14-2)8-4-15-12(17-3)16-5-8/h4-6,10,14H,1-3H3. The summed E-state index contributed by atoms with van der Waals surface area (Å²) in [5.74, 6) is 0. The topological polar surface area (TPSA) is 47.0 Å². The minimum Gasteiger partial charge on any atom is -0.467 e. The number of halogens is 1. The smallest absolute Gasteiger partial charge is 0.316 e. The lowest BCUT2D eigenvalue weighted by Crippen LogP contribution is -2.17. The zero-order valence-electron chi connectivity index (χ0n) is 10.4. The molecule has 0 aliphatic rings. The molecule has 4 nitrogen and oxygen atoms in total. The van der Waals surface area contributed by atoms with Crippen molar-refractivity contribution in [3.8, 4) is 6.01 Å². The minimum absolute atomic E-state index is 0.00195. The molecule has 18 heavy (non-hydrogen) atoms. The Kier molecular flexibility index (Phi) is 4.16. The van der Waals surface area contributed by atoms with Crippen LogP contribution in [-0.2, 0) is 0 Å². The highest BCUT2D eigenvalue weighted by Crippen LogP contribution is 2.35. The van der Waals surface area contributed by atoms with Gasteiger partial charge < -0.3 is 10.1 Å². The van der Waals surface area contributed by atoms with Crippen LogP contribution < -0.4 is 10.1 Å². The number of nitrogens with one attached hydrogen (secondary N) is 1. The minimum atomic E-state index is 0.00195. The molecule has 2 aromatic rings. The molecule has 0 aliphatic heterocycles. The van der Waals surface area contributed by atoms with Gasteiger partial charge in [-0.25, -0.2) is 9.97 Å². The van der Waals surface area contributed by atoms with Crippen molar-refractivity contribution in [2.45, 2.75) is 13.0 Å². The molecule has 1 atom stereocenters. The molecule has 0 aromatic carbocycles. The molecule has 0 spiro atoms. The van der Waals surface area contributed by atoms with Gasteiger partial charge in [-0.2, -0.15) is 0 Å². The molecule has 2 aromatic heterocycles. The van der Waals surface area contributed by atoms with Crippen LogP contribution in [0.25, 0.3) is 0 Å². The van der Waals surface area contributed by atoms with Crippen LogP contribution in [0.3, 0.4) is 0 Å². The molecule has 96 valence electrons. The van der Waals surface area contributed by atoms with E-state index in [2.05, 4.69) is 15.3 Å². The van der Waals surface area contributed by atoms with E-state index in [1.165, 1.54) is 0 Å². The van der Waals surface area contributed by atoms with Gasteiger partial charge in [-0.1, -0.05) is 11.6 Å². The summed E-state index contributed by atoms with van der Waals surface area (Å²) in [6.45, 7) is 2.00. The van der Waals surface area contributed by atoms with Crippen molar-refractivity contribution in [3.63, 3.8) is 0 Å². The first-order chi connectivity index (χ1) is 8.67. The lowest BCUT2D eigenvalue weighted by Gasteiger charge is -2.15. The predicted molar refractivity (Wildman–Crippen MR) is 73.6 cm³/mol. The fourth-order valence-electron chi connectivity index (χ4n) is 1.67. The first kappa shape index (κ1) is 13.3. The van der Waals surface area contributed by atoms with E-state index in [0.717, 1.165) is 21.0 Å². The van der Waals surface area contributed by atoms with E-state index in [9.17, 15) is 0 Å². The second-order valence-electron chi connectivity index (χ2n) is 3.82. The average Bonchev–Trinajstić information content (AvgIpc) is 2.73. The molecular weight excluding hydrogens is 270 g/mol. The summed E-state index contributed by atoms with van der Waals surface area (Å²) in [4.78, 5) is 9.31. The summed E-state index contributed by atoms with van der Waals surface area (Å²) >= 11 is 7.93. The van der Waals surface area contributed by atoms with E-state index < -0.39 is 0 Å². The second-order valence-corrected chi connectivity index (χ2v) is 5.11. The molecule has 6 heteroatoms. The molecule has 0 aliphatic carbocycles. The first-order valence-corrected chi connectivity index (χ1v) is 6.69. The number of thiophene rings is 1. The summed E-state index contributed by atoms with van der Waals surface area (Å²) < 4.78 is 4.95. The molecule has 2 rings (SSSR count). The number of rotatable bonds is 4. The van der Waals surface area contributed by atoms with Crippen molar-refractivity contribution >= 4 is 22.9 Å². The molecule has 2 heterocycles. The molecule has 1 unspecified atom stereocenters. The Morgan fingerprint density at radius 3 is 2.50 bits per heavy atom. The van der Waals surface area contributed by atoms with Crippen molar-refractivity contribution in [2.24, 2.45) is 0 Å². The van der Waals surface area contributed by atoms with Crippen LogP contribution in [0.2, 0.25) is 5.02 Å². The van der Waals surface area contributed by atoms with Crippen LogP contribution in [0.4, 0.5) is 0 Å². The Bertz CT molecular complexity index is 527. The van der Waals surface area contributed by atoms with Crippen molar-refractivity contribution in [2.75, 3.05) is 14.2 Å². The molecule has 0 saturated carbocycles. The van der Waals surface area contributed by atoms with Gasteiger partial charge >= 0.3 is 6.01 Å². The van der Waals surface area contributed by atoms with Crippen molar-refractivity contribution in [3.05, 3.63) is 38.8 Å². The summed E-state index contributed by atoms with van der Waals surface area (Å²) in [5.41, 5.74) is 2.05. The zero-order valence-corrected chi connectivity index (χ0v) is 12.0. The number of nitrogens with zero attached hydrogens (tertiary/aromatic N) is 2. The largest absolute Gasteiger partial charge is 0.467 e. The maximum atomic E-state index is 6.30. The highest BCUT2D eigenvalue weighted by molar-refractivity contribution is 7.10. The fraction of sp³-hybridized carbons (Fsp3) is 0.333. The van der Waals surface area contributed by atoms with E-state index in [4.69, 9.17) is 16.3 Å². The maximum Gasteiger partial charge on any atom is 0.316 e. The lowest BCUT2D eigenvalue weighted by atomic mass is 10.1. The van der Waals surface area contributed by atoms with Gasteiger partial charge in [0.05, 0.1) is 18.2 Å². The third-order valence-electron chi connectivity index (χ3n) is 2.64. The summed E-state index contributed by atoms with van der Waals surface area (Å²) in [6.07, 6.45) is 3.50. The molecule has 0 fully saturated rings. The number of methoxy groups -OCH3 is 1. The maximum absolute atomic E-state index is 6.30. The van der Waals surface area contributed by atoms with Crippen molar-refractivity contribution in [1.29, 1.82) is 0 Å². The lowest BCUT2D eigenvalue weighted by molar-refractivity contribution is 0.379. The molecule has 0 saturated heterocycles. The van der Waals surface area contributed by atoms with Gasteiger partial charge in [0.15, 0.2) is 0 Å². The second kappa shape index (κ2) is 5.65. The highest BCUT2D eigenvalue weighted by Gasteiger charge is 2.19. The van der Waals surface area contributed by atoms with Gasteiger partial charge in [0, 0.05) is 22.8 Å². The van der Waals surface area contributed by atoms with E-state index in [1.807, 2.05) is 19.4 Å².